The highest BCUT2D eigenvalue weighted by Crippen LogP contribution is 2.41. The molecule has 0 aromatic carbocycles. The molecule has 1 saturated carbocycles. The molecule has 2 rings (SSSR count). The van der Waals surface area contributed by atoms with Gasteiger partial charge in [-0.05, 0) is 45.4 Å². The maximum atomic E-state index is 5.64. The summed E-state index contributed by atoms with van der Waals surface area (Å²) in [6.07, 6.45) is 6.30. The van der Waals surface area contributed by atoms with Gasteiger partial charge >= 0.3 is 0 Å². The molecule has 0 radical (unpaired) electrons. The van der Waals surface area contributed by atoms with E-state index in [1.807, 2.05) is 6.92 Å². The Bertz CT molecular complexity index is 599. The molecular weight excluding hydrogens is 372 g/mol. The molecule has 1 aliphatic rings. The zero-order valence-electron chi connectivity index (χ0n) is 18.3. The third kappa shape index (κ3) is 6.71. The van der Waals surface area contributed by atoms with Crippen molar-refractivity contribution in [2.75, 3.05) is 40.5 Å². The molecule has 6 nitrogen and oxygen atoms in total. The van der Waals surface area contributed by atoms with E-state index in [2.05, 4.69) is 36.5 Å². The van der Waals surface area contributed by atoms with Crippen LogP contribution in [0.5, 0.6) is 0 Å². The lowest BCUT2D eigenvalue weighted by molar-refractivity contribution is 0.107. The van der Waals surface area contributed by atoms with Crippen LogP contribution in [0.4, 0.5) is 0 Å². The minimum atomic E-state index is 0.0403. The molecule has 1 N–H and O–H groups in total. The number of hydrogen-bond donors (Lipinski definition) is 1. The second kappa shape index (κ2) is 11.7. The Labute approximate surface area is 174 Å². The van der Waals surface area contributed by atoms with Crippen molar-refractivity contribution < 1.29 is 9.47 Å². The van der Waals surface area contributed by atoms with Gasteiger partial charge in [0.1, 0.15) is 11.1 Å². The number of nitrogens with one attached hydrogen (secondary N) is 1. The summed E-state index contributed by atoms with van der Waals surface area (Å²) < 4.78 is 11.0. The highest BCUT2D eigenvalue weighted by molar-refractivity contribution is 7.09. The fourth-order valence-electron chi connectivity index (χ4n) is 3.76. The molecule has 1 fully saturated rings. The molecule has 160 valence electrons. The summed E-state index contributed by atoms with van der Waals surface area (Å²) in [4.78, 5) is 11.9. The Hall–Kier alpha value is -1.18. The number of methoxy groups -OCH3 is 1. The molecule has 1 heterocycles. The smallest absolute Gasteiger partial charge is 0.194 e. The van der Waals surface area contributed by atoms with Crippen molar-refractivity contribution in [2.24, 2.45) is 10.4 Å². The maximum Gasteiger partial charge on any atom is 0.194 e. The maximum absolute atomic E-state index is 5.64. The van der Waals surface area contributed by atoms with Crippen LogP contribution in [0.15, 0.2) is 10.4 Å². The van der Waals surface area contributed by atoms with E-state index in [9.17, 15) is 0 Å². The number of aliphatic imine (C=N–C) groups is 1. The van der Waals surface area contributed by atoms with E-state index >= 15 is 0 Å². The molecule has 1 aromatic rings. The van der Waals surface area contributed by atoms with Crippen LogP contribution in [0.25, 0.3) is 0 Å². The quantitative estimate of drug-likeness (QED) is 0.336. The van der Waals surface area contributed by atoms with Crippen molar-refractivity contribution in [1.82, 2.24) is 15.2 Å². The fourth-order valence-corrected chi connectivity index (χ4v) is 4.60. The summed E-state index contributed by atoms with van der Waals surface area (Å²) >= 11 is 1.66. The summed E-state index contributed by atoms with van der Waals surface area (Å²) in [6.45, 7) is 10.3. The van der Waals surface area contributed by atoms with Gasteiger partial charge in [-0.1, -0.05) is 12.8 Å². The van der Waals surface area contributed by atoms with Gasteiger partial charge < -0.3 is 19.7 Å². The average molecular weight is 411 g/mol. The average Bonchev–Trinajstić information content (AvgIpc) is 3.35. The normalized spacial score (nSPS) is 17.7. The van der Waals surface area contributed by atoms with Gasteiger partial charge in [-0.25, -0.2) is 4.98 Å². The highest BCUT2D eigenvalue weighted by atomic mass is 32.1. The van der Waals surface area contributed by atoms with Crippen LogP contribution in [-0.4, -0.2) is 56.3 Å². The largest absolute Gasteiger partial charge is 0.382 e. The van der Waals surface area contributed by atoms with E-state index in [4.69, 9.17) is 19.5 Å². The van der Waals surface area contributed by atoms with E-state index in [0.717, 1.165) is 55.9 Å². The van der Waals surface area contributed by atoms with Crippen LogP contribution in [0, 0.1) is 5.41 Å². The number of thiazole rings is 1. The summed E-state index contributed by atoms with van der Waals surface area (Å²) in [5, 5.41) is 6.59. The topological polar surface area (TPSA) is 59.0 Å². The SMILES string of the molecule is CCNC(=NCC1(CCOCC)CCCC1)N(C)Cc1csc(C(C)OC)n1. The van der Waals surface area contributed by atoms with Gasteiger partial charge in [-0.3, -0.25) is 4.99 Å². The van der Waals surface area contributed by atoms with Gasteiger partial charge in [0, 0.05) is 45.8 Å². The van der Waals surface area contributed by atoms with E-state index in [-0.39, 0.29) is 6.10 Å². The second-order valence-electron chi connectivity index (χ2n) is 7.74. The van der Waals surface area contributed by atoms with E-state index < -0.39 is 0 Å². The summed E-state index contributed by atoms with van der Waals surface area (Å²) in [5.41, 5.74) is 1.36. The van der Waals surface area contributed by atoms with Crippen molar-refractivity contribution >= 4 is 17.3 Å². The number of hydrogen-bond acceptors (Lipinski definition) is 5. The lowest BCUT2D eigenvalue weighted by Crippen LogP contribution is -2.39. The second-order valence-corrected chi connectivity index (χ2v) is 8.62. The fraction of sp³-hybridized carbons (Fsp3) is 0.810. The molecule has 1 aliphatic carbocycles. The predicted octanol–water partition coefficient (Wildman–Crippen LogP) is 4.23. The van der Waals surface area contributed by atoms with Crippen molar-refractivity contribution in [3.63, 3.8) is 0 Å². The Morgan fingerprint density at radius 2 is 2.14 bits per heavy atom. The van der Waals surface area contributed by atoms with E-state index in [1.54, 1.807) is 18.4 Å². The van der Waals surface area contributed by atoms with Crippen LogP contribution >= 0.6 is 11.3 Å². The predicted molar refractivity (Wildman–Crippen MR) is 117 cm³/mol. The van der Waals surface area contributed by atoms with Crippen LogP contribution < -0.4 is 5.32 Å². The van der Waals surface area contributed by atoms with Crippen molar-refractivity contribution in [3.05, 3.63) is 16.1 Å². The number of rotatable bonds is 11. The van der Waals surface area contributed by atoms with Crippen molar-refractivity contribution in [3.8, 4) is 0 Å². The standard InChI is InChI=1S/C21H38N4O2S/c1-6-22-20(23-16-21(10-8-9-11-21)12-13-27-7-2)25(4)14-18-15-28-19(24-18)17(3)26-5/h15,17H,6-14,16H2,1-5H3,(H,22,23). The lowest BCUT2D eigenvalue weighted by Gasteiger charge is -2.29. The number of guanidine groups is 1. The molecule has 28 heavy (non-hydrogen) atoms. The zero-order chi connectivity index (χ0) is 20.4. The summed E-state index contributed by atoms with van der Waals surface area (Å²) in [6, 6.07) is 0. The van der Waals surface area contributed by atoms with Crippen LogP contribution in [0.1, 0.15) is 69.7 Å². The molecular formula is C21H38N4O2S. The molecule has 1 unspecified atom stereocenters. The van der Waals surface area contributed by atoms with Gasteiger partial charge in [0.2, 0.25) is 0 Å². The number of aromatic nitrogens is 1. The Morgan fingerprint density at radius 3 is 2.79 bits per heavy atom. The molecule has 0 bridgehead atoms. The number of ether oxygens (including phenoxy) is 2. The monoisotopic (exact) mass is 410 g/mol. The number of nitrogens with zero attached hydrogens (tertiary/aromatic N) is 3. The first-order valence-electron chi connectivity index (χ1n) is 10.6. The molecule has 0 amide bonds. The summed E-state index contributed by atoms with van der Waals surface area (Å²) in [7, 11) is 3.81. The summed E-state index contributed by atoms with van der Waals surface area (Å²) in [5.74, 6) is 0.958. The van der Waals surface area contributed by atoms with Crippen LogP contribution in [0.2, 0.25) is 0 Å². The van der Waals surface area contributed by atoms with Gasteiger partial charge in [-0.2, -0.15) is 0 Å². The third-order valence-corrected chi connectivity index (χ3v) is 6.63. The molecule has 0 spiro atoms. The van der Waals surface area contributed by atoms with Crippen molar-refractivity contribution in [1.29, 1.82) is 0 Å². The van der Waals surface area contributed by atoms with Crippen LogP contribution in [0.3, 0.4) is 0 Å². The zero-order valence-corrected chi connectivity index (χ0v) is 19.1. The third-order valence-electron chi connectivity index (χ3n) is 5.58. The Kier molecular flexibility index (Phi) is 9.68. The lowest BCUT2D eigenvalue weighted by atomic mass is 9.83. The minimum absolute atomic E-state index is 0.0403. The first-order chi connectivity index (χ1) is 13.5. The van der Waals surface area contributed by atoms with Gasteiger partial charge in [0.15, 0.2) is 5.96 Å². The molecule has 0 saturated heterocycles. The Morgan fingerprint density at radius 1 is 1.39 bits per heavy atom. The molecule has 7 heteroatoms. The Balaban J connectivity index is 2.02. The molecule has 0 aliphatic heterocycles. The van der Waals surface area contributed by atoms with Gasteiger partial charge in [-0.15, -0.1) is 11.3 Å². The molecule has 1 aromatic heterocycles. The molecule has 1 atom stereocenters. The van der Waals surface area contributed by atoms with Crippen LogP contribution in [-0.2, 0) is 16.0 Å². The first-order valence-corrected chi connectivity index (χ1v) is 11.5. The van der Waals surface area contributed by atoms with E-state index in [0.29, 0.717) is 5.41 Å². The minimum Gasteiger partial charge on any atom is -0.382 e. The van der Waals surface area contributed by atoms with E-state index in [1.165, 1.54) is 25.7 Å². The van der Waals surface area contributed by atoms with Crippen molar-refractivity contribution in [2.45, 2.75) is 65.5 Å². The first kappa shape index (κ1) is 23.1. The van der Waals surface area contributed by atoms with Gasteiger partial charge in [0.05, 0.1) is 12.2 Å². The van der Waals surface area contributed by atoms with Gasteiger partial charge in [0.25, 0.3) is 0 Å². The highest BCUT2D eigenvalue weighted by Gasteiger charge is 2.33.